The molecular weight excluding hydrogens is 310 g/mol. The van der Waals surface area contributed by atoms with E-state index in [0.717, 1.165) is 5.69 Å². The topological polar surface area (TPSA) is 86.9 Å². The first-order chi connectivity index (χ1) is 11.6. The Labute approximate surface area is 138 Å². The second-order valence-electron chi connectivity index (χ2n) is 5.57. The lowest BCUT2D eigenvalue weighted by Gasteiger charge is -2.36. The van der Waals surface area contributed by atoms with E-state index in [1.54, 1.807) is 35.2 Å². The molecule has 7 heteroatoms. The average Bonchev–Trinajstić information content (AvgIpc) is 2.62. The normalized spacial score (nSPS) is 14.5. The number of nitro groups is 1. The number of phenolic OH excluding ortho intramolecular Hbond substituents is 1. The summed E-state index contributed by atoms with van der Waals surface area (Å²) in [6.07, 6.45) is 0. The standard InChI is InChI=1S/C17H17N3O4/c21-16-7-2-1-6-15(16)17(22)19-10-8-18(9-11-19)13-4-3-5-14(12-13)20(23)24/h1-7,12,21H,8-11H2. The molecule has 0 spiro atoms. The maximum atomic E-state index is 12.5. The zero-order valence-corrected chi connectivity index (χ0v) is 13.0. The minimum atomic E-state index is -0.415. The number of anilines is 1. The van der Waals surface area contributed by atoms with E-state index in [1.807, 2.05) is 11.0 Å². The molecule has 0 atom stereocenters. The molecule has 1 aliphatic heterocycles. The lowest BCUT2D eigenvalue weighted by molar-refractivity contribution is -0.384. The number of amides is 1. The van der Waals surface area contributed by atoms with E-state index < -0.39 is 4.92 Å². The monoisotopic (exact) mass is 327 g/mol. The quantitative estimate of drug-likeness (QED) is 0.690. The van der Waals surface area contributed by atoms with Gasteiger partial charge in [0.05, 0.1) is 10.5 Å². The van der Waals surface area contributed by atoms with E-state index in [4.69, 9.17) is 0 Å². The highest BCUT2D eigenvalue weighted by Crippen LogP contribution is 2.23. The number of rotatable bonds is 3. The largest absolute Gasteiger partial charge is 0.507 e. The Hall–Kier alpha value is -3.09. The summed E-state index contributed by atoms with van der Waals surface area (Å²) in [5.74, 6) is -0.226. The van der Waals surface area contributed by atoms with Crippen LogP contribution in [0.5, 0.6) is 5.75 Å². The molecule has 0 aromatic heterocycles. The van der Waals surface area contributed by atoms with Crippen molar-refractivity contribution in [2.45, 2.75) is 0 Å². The number of piperazine rings is 1. The van der Waals surface area contributed by atoms with Crippen LogP contribution in [-0.4, -0.2) is 47.0 Å². The van der Waals surface area contributed by atoms with Crippen molar-refractivity contribution >= 4 is 17.3 Å². The van der Waals surface area contributed by atoms with E-state index in [0.29, 0.717) is 31.7 Å². The number of hydrogen-bond acceptors (Lipinski definition) is 5. The van der Waals surface area contributed by atoms with Crippen LogP contribution < -0.4 is 4.90 Å². The van der Waals surface area contributed by atoms with Crippen LogP contribution in [-0.2, 0) is 0 Å². The van der Waals surface area contributed by atoms with Gasteiger partial charge >= 0.3 is 0 Å². The first-order valence-electron chi connectivity index (χ1n) is 7.63. The lowest BCUT2D eigenvalue weighted by Crippen LogP contribution is -2.48. The zero-order chi connectivity index (χ0) is 17.1. The van der Waals surface area contributed by atoms with Crippen molar-refractivity contribution in [2.24, 2.45) is 0 Å². The van der Waals surface area contributed by atoms with Crippen molar-refractivity contribution in [3.8, 4) is 5.75 Å². The van der Waals surface area contributed by atoms with Gasteiger partial charge in [0.25, 0.3) is 11.6 Å². The molecule has 0 unspecified atom stereocenters. The number of phenols is 1. The zero-order valence-electron chi connectivity index (χ0n) is 13.0. The number of nitrogens with zero attached hydrogens (tertiary/aromatic N) is 3. The Morgan fingerprint density at radius 1 is 1.04 bits per heavy atom. The molecule has 0 radical (unpaired) electrons. The van der Waals surface area contributed by atoms with Crippen molar-refractivity contribution in [3.05, 3.63) is 64.2 Å². The van der Waals surface area contributed by atoms with Crippen LogP contribution in [0.1, 0.15) is 10.4 Å². The number of nitro benzene ring substituents is 1. The minimum Gasteiger partial charge on any atom is -0.507 e. The van der Waals surface area contributed by atoms with Crippen molar-refractivity contribution in [1.82, 2.24) is 4.90 Å². The van der Waals surface area contributed by atoms with E-state index in [2.05, 4.69) is 0 Å². The third-order valence-corrected chi connectivity index (χ3v) is 4.11. The molecule has 124 valence electrons. The Kier molecular flexibility index (Phi) is 4.33. The molecule has 1 amide bonds. The van der Waals surface area contributed by atoms with Crippen molar-refractivity contribution in [2.75, 3.05) is 31.1 Å². The van der Waals surface area contributed by atoms with Crippen molar-refractivity contribution in [3.63, 3.8) is 0 Å². The molecule has 2 aromatic carbocycles. The molecule has 0 saturated carbocycles. The SMILES string of the molecule is O=C(c1ccccc1O)N1CCN(c2cccc([N+](=O)[O-])c2)CC1. The van der Waals surface area contributed by atoms with Crippen LogP contribution in [0.25, 0.3) is 0 Å². The number of aromatic hydroxyl groups is 1. The molecule has 1 aliphatic rings. The summed E-state index contributed by atoms with van der Waals surface area (Å²) >= 11 is 0. The fraction of sp³-hybridized carbons (Fsp3) is 0.235. The number of para-hydroxylation sites is 1. The highest BCUT2D eigenvalue weighted by Gasteiger charge is 2.24. The minimum absolute atomic E-state index is 0.0244. The molecule has 1 saturated heterocycles. The van der Waals surface area contributed by atoms with Crippen molar-refractivity contribution in [1.29, 1.82) is 0 Å². The van der Waals surface area contributed by atoms with Gasteiger partial charge in [-0.3, -0.25) is 14.9 Å². The maximum absolute atomic E-state index is 12.5. The molecule has 24 heavy (non-hydrogen) atoms. The van der Waals surface area contributed by atoms with E-state index in [9.17, 15) is 20.0 Å². The van der Waals surface area contributed by atoms with E-state index >= 15 is 0 Å². The van der Waals surface area contributed by atoms with Gasteiger partial charge in [-0.15, -0.1) is 0 Å². The summed E-state index contributed by atoms with van der Waals surface area (Å²) in [7, 11) is 0. The third-order valence-electron chi connectivity index (χ3n) is 4.11. The van der Waals surface area contributed by atoms with Gasteiger partial charge in [0.15, 0.2) is 0 Å². The molecule has 1 fully saturated rings. The fourth-order valence-electron chi connectivity index (χ4n) is 2.80. The summed E-state index contributed by atoms with van der Waals surface area (Å²) in [5, 5.41) is 20.7. The Morgan fingerprint density at radius 3 is 2.42 bits per heavy atom. The van der Waals surface area contributed by atoms with Gasteiger partial charge < -0.3 is 14.9 Å². The van der Waals surface area contributed by atoms with Crippen LogP contribution in [0.4, 0.5) is 11.4 Å². The summed E-state index contributed by atoms with van der Waals surface area (Å²) in [6.45, 7) is 2.16. The summed E-state index contributed by atoms with van der Waals surface area (Å²) < 4.78 is 0. The summed E-state index contributed by atoms with van der Waals surface area (Å²) in [6, 6.07) is 13.0. The number of benzene rings is 2. The third kappa shape index (κ3) is 3.15. The first-order valence-corrected chi connectivity index (χ1v) is 7.63. The Bertz CT molecular complexity index is 770. The van der Waals surface area contributed by atoms with Crippen LogP contribution in [0.3, 0.4) is 0 Å². The molecule has 1 N–H and O–H groups in total. The van der Waals surface area contributed by atoms with Crippen LogP contribution >= 0.6 is 0 Å². The maximum Gasteiger partial charge on any atom is 0.271 e. The number of carbonyl (C=O) groups excluding carboxylic acids is 1. The van der Waals surface area contributed by atoms with Crippen LogP contribution in [0, 0.1) is 10.1 Å². The summed E-state index contributed by atoms with van der Waals surface area (Å²) in [4.78, 5) is 26.6. The number of hydrogen-bond donors (Lipinski definition) is 1. The molecule has 2 aromatic rings. The predicted molar refractivity (Wildman–Crippen MR) is 89.3 cm³/mol. The average molecular weight is 327 g/mol. The number of carbonyl (C=O) groups is 1. The summed E-state index contributed by atoms with van der Waals surface area (Å²) in [5.41, 5.74) is 1.13. The molecule has 3 rings (SSSR count). The van der Waals surface area contributed by atoms with Crippen LogP contribution in [0.15, 0.2) is 48.5 Å². The van der Waals surface area contributed by atoms with Crippen LogP contribution in [0.2, 0.25) is 0 Å². The lowest BCUT2D eigenvalue weighted by atomic mass is 10.1. The van der Waals surface area contributed by atoms with E-state index in [1.165, 1.54) is 12.1 Å². The van der Waals surface area contributed by atoms with Gasteiger partial charge in [0, 0.05) is 44.0 Å². The Morgan fingerprint density at radius 2 is 1.75 bits per heavy atom. The van der Waals surface area contributed by atoms with E-state index in [-0.39, 0.29) is 17.3 Å². The number of non-ortho nitro benzene ring substituents is 1. The highest BCUT2D eigenvalue weighted by molar-refractivity contribution is 5.96. The molecule has 0 aliphatic carbocycles. The van der Waals surface area contributed by atoms with Gasteiger partial charge in [0.2, 0.25) is 0 Å². The first kappa shape index (κ1) is 15.8. The molecule has 0 bridgehead atoms. The van der Waals surface area contributed by atoms with Gasteiger partial charge in [-0.25, -0.2) is 0 Å². The molecule has 7 nitrogen and oxygen atoms in total. The second kappa shape index (κ2) is 6.57. The van der Waals surface area contributed by atoms with Gasteiger partial charge in [-0.1, -0.05) is 18.2 Å². The van der Waals surface area contributed by atoms with Crippen molar-refractivity contribution < 1.29 is 14.8 Å². The smallest absolute Gasteiger partial charge is 0.271 e. The highest BCUT2D eigenvalue weighted by atomic mass is 16.6. The molecule has 1 heterocycles. The van der Waals surface area contributed by atoms with Gasteiger partial charge in [0.1, 0.15) is 5.75 Å². The van der Waals surface area contributed by atoms with Gasteiger partial charge in [-0.05, 0) is 18.2 Å². The van der Waals surface area contributed by atoms with Gasteiger partial charge in [-0.2, -0.15) is 0 Å². The predicted octanol–water partition coefficient (Wildman–Crippen LogP) is 2.26. The fourth-order valence-corrected chi connectivity index (χ4v) is 2.80. The Balaban J connectivity index is 1.68. The second-order valence-corrected chi connectivity index (χ2v) is 5.57. The molecular formula is C17H17N3O4.